The fourth-order valence-electron chi connectivity index (χ4n) is 3.67. The van der Waals surface area contributed by atoms with Crippen molar-refractivity contribution in [2.45, 2.75) is 25.0 Å². The van der Waals surface area contributed by atoms with Gasteiger partial charge in [-0.15, -0.1) is 0 Å². The molecule has 30 heavy (non-hydrogen) atoms. The highest BCUT2D eigenvalue weighted by molar-refractivity contribution is 7.99. The van der Waals surface area contributed by atoms with Crippen LogP contribution in [0.3, 0.4) is 0 Å². The number of H-pyrrole nitrogens is 1. The van der Waals surface area contributed by atoms with Crippen molar-refractivity contribution in [1.29, 1.82) is 0 Å². The van der Waals surface area contributed by atoms with E-state index in [0.717, 1.165) is 25.3 Å². The standard InChI is InChI=1S/C22H25N5O2S/c1-2-11-27-21(29)17-7-3-4-8-18(17)24-22(27)30-16-20(28)26-14-12-25(13-15-26)19-9-5-6-10-23-19/h3-10H,2,11-16H2,1H3/p+1. The van der Waals surface area contributed by atoms with Gasteiger partial charge in [-0.05, 0) is 24.6 Å². The second kappa shape index (κ2) is 9.30. The molecular weight excluding hydrogens is 398 g/mol. The van der Waals surface area contributed by atoms with Crippen molar-refractivity contribution >= 4 is 34.4 Å². The van der Waals surface area contributed by atoms with Gasteiger partial charge in [-0.1, -0.05) is 36.9 Å². The molecule has 1 amide bonds. The number of anilines is 1. The zero-order valence-corrected chi connectivity index (χ0v) is 17.9. The summed E-state index contributed by atoms with van der Waals surface area (Å²) in [6.45, 7) is 5.60. The van der Waals surface area contributed by atoms with Crippen molar-refractivity contribution in [3.8, 4) is 0 Å². The van der Waals surface area contributed by atoms with Gasteiger partial charge in [0.05, 0.1) is 35.9 Å². The van der Waals surface area contributed by atoms with Crippen LogP contribution in [0.1, 0.15) is 13.3 Å². The molecule has 7 nitrogen and oxygen atoms in total. The van der Waals surface area contributed by atoms with Crippen LogP contribution in [0.5, 0.6) is 0 Å². The second-order valence-electron chi connectivity index (χ2n) is 7.27. The van der Waals surface area contributed by atoms with Crippen molar-refractivity contribution in [2.75, 3.05) is 36.8 Å². The van der Waals surface area contributed by atoms with Gasteiger partial charge < -0.3 is 4.90 Å². The van der Waals surface area contributed by atoms with Crippen LogP contribution in [0.2, 0.25) is 0 Å². The Balaban J connectivity index is 1.42. The Kier molecular flexibility index (Phi) is 6.32. The zero-order chi connectivity index (χ0) is 20.9. The maximum Gasteiger partial charge on any atom is 0.274 e. The molecule has 3 heterocycles. The van der Waals surface area contributed by atoms with Crippen molar-refractivity contribution in [2.24, 2.45) is 0 Å². The number of nitrogens with zero attached hydrogens (tertiary/aromatic N) is 4. The lowest BCUT2D eigenvalue weighted by molar-refractivity contribution is -0.364. The number of thioether (sulfide) groups is 1. The maximum atomic E-state index is 12.9. The molecule has 0 atom stereocenters. The van der Waals surface area contributed by atoms with E-state index in [1.165, 1.54) is 11.8 Å². The van der Waals surface area contributed by atoms with E-state index in [1.807, 2.05) is 54.4 Å². The first-order valence-corrected chi connectivity index (χ1v) is 11.3. The number of hydrogen-bond donors (Lipinski definition) is 0. The summed E-state index contributed by atoms with van der Waals surface area (Å²) in [5, 5.41) is 1.24. The summed E-state index contributed by atoms with van der Waals surface area (Å²) in [7, 11) is 0. The Morgan fingerprint density at radius 1 is 1.10 bits per heavy atom. The summed E-state index contributed by atoms with van der Waals surface area (Å²) < 4.78 is 1.70. The number of carbonyl (C=O) groups excluding carboxylic acids is 1. The maximum absolute atomic E-state index is 12.9. The smallest absolute Gasteiger partial charge is 0.274 e. The molecule has 8 heteroatoms. The van der Waals surface area contributed by atoms with E-state index >= 15 is 0 Å². The SMILES string of the molecule is CCCn1c(SCC(=O)N2CCN(c3cccc[nH+]3)CC2)nc2ccccc2c1=O. The van der Waals surface area contributed by atoms with Crippen LogP contribution in [0.15, 0.2) is 58.6 Å². The first kappa shape index (κ1) is 20.4. The number of fused-ring (bicyclic) bond motifs is 1. The van der Waals surface area contributed by atoms with Gasteiger partial charge >= 0.3 is 0 Å². The summed E-state index contributed by atoms with van der Waals surface area (Å²) in [6, 6.07) is 13.4. The van der Waals surface area contributed by atoms with Crippen molar-refractivity contribution in [1.82, 2.24) is 14.5 Å². The molecule has 2 aromatic heterocycles. The lowest BCUT2D eigenvalue weighted by Gasteiger charge is -2.31. The average molecular weight is 425 g/mol. The second-order valence-corrected chi connectivity index (χ2v) is 8.22. The molecule has 1 fully saturated rings. The molecule has 0 bridgehead atoms. The van der Waals surface area contributed by atoms with Gasteiger partial charge in [-0.25, -0.2) is 9.97 Å². The van der Waals surface area contributed by atoms with Crippen LogP contribution in [0.4, 0.5) is 5.82 Å². The Hall–Kier alpha value is -2.87. The molecule has 0 aliphatic carbocycles. The molecule has 1 N–H and O–H groups in total. The third-order valence-corrected chi connectivity index (χ3v) is 6.23. The molecule has 0 saturated carbocycles. The molecule has 156 valence electrons. The Labute approximate surface area is 179 Å². The summed E-state index contributed by atoms with van der Waals surface area (Å²) in [4.78, 5) is 37.7. The minimum absolute atomic E-state index is 0.0369. The van der Waals surface area contributed by atoms with Gasteiger partial charge in [0.15, 0.2) is 5.16 Å². The number of nitrogens with one attached hydrogen (secondary N) is 1. The first-order valence-electron chi connectivity index (χ1n) is 10.3. The fraction of sp³-hybridized carbons (Fsp3) is 0.364. The Morgan fingerprint density at radius 2 is 1.87 bits per heavy atom. The number of aromatic amines is 1. The molecule has 1 saturated heterocycles. The topological polar surface area (TPSA) is 72.6 Å². The predicted molar refractivity (Wildman–Crippen MR) is 119 cm³/mol. The number of pyridine rings is 1. The molecule has 0 spiro atoms. The summed E-state index contributed by atoms with van der Waals surface area (Å²) in [6.07, 6.45) is 2.75. The molecule has 1 aliphatic rings. The van der Waals surface area contributed by atoms with E-state index in [0.29, 0.717) is 35.7 Å². The van der Waals surface area contributed by atoms with E-state index in [2.05, 4.69) is 14.9 Å². The lowest BCUT2D eigenvalue weighted by Crippen LogP contribution is -2.50. The largest absolute Gasteiger partial charge is 0.334 e. The van der Waals surface area contributed by atoms with E-state index in [4.69, 9.17) is 0 Å². The normalized spacial score (nSPS) is 14.3. The molecule has 0 radical (unpaired) electrons. The number of piperazine rings is 1. The van der Waals surface area contributed by atoms with Gasteiger partial charge in [0.25, 0.3) is 11.4 Å². The number of aromatic nitrogens is 3. The number of amides is 1. The number of rotatable bonds is 6. The monoisotopic (exact) mass is 424 g/mol. The number of benzene rings is 1. The minimum atomic E-state index is -0.0369. The molecule has 1 aromatic carbocycles. The third-order valence-electron chi connectivity index (χ3n) is 5.26. The van der Waals surface area contributed by atoms with Gasteiger partial charge in [0, 0.05) is 12.6 Å². The van der Waals surface area contributed by atoms with Gasteiger partial charge in [-0.3, -0.25) is 19.1 Å². The van der Waals surface area contributed by atoms with Gasteiger partial charge in [0.1, 0.15) is 13.1 Å². The van der Waals surface area contributed by atoms with Crippen molar-refractivity contribution in [3.05, 3.63) is 59.0 Å². The number of carbonyl (C=O) groups is 1. The third kappa shape index (κ3) is 4.33. The van der Waals surface area contributed by atoms with Crippen LogP contribution in [-0.2, 0) is 11.3 Å². The van der Waals surface area contributed by atoms with Crippen molar-refractivity contribution in [3.63, 3.8) is 0 Å². The highest BCUT2D eigenvalue weighted by Crippen LogP contribution is 2.19. The van der Waals surface area contributed by atoms with Crippen LogP contribution < -0.4 is 15.4 Å². The van der Waals surface area contributed by atoms with E-state index in [-0.39, 0.29) is 17.2 Å². The zero-order valence-electron chi connectivity index (χ0n) is 17.1. The van der Waals surface area contributed by atoms with E-state index in [1.54, 1.807) is 10.6 Å². The average Bonchev–Trinajstić information content (AvgIpc) is 2.80. The van der Waals surface area contributed by atoms with Crippen LogP contribution >= 0.6 is 11.8 Å². The lowest BCUT2D eigenvalue weighted by atomic mass is 10.2. The highest BCUT2D eigenvalue weighted by Gasteiger charge is 2.26. The van der Waals surface area contributed by atoms with Gasteiger partial charge in [0.2, 0.25) is 5.91 Å². The molecule has 1 aliphatic heterocycles. The fourth-order valence-corrected chi connectivity index (χ4v) is 4.60. The van der Waals surface area contributed by atoms with E-state index in [9.17, 15) is 9.59 Å². The van der Waals surface area contributed by atoms with Gasteiger partial charge in [-0.2, -0.15) is 0 Å². The molecule has 3 aromatic rings. The quantitative estimate of drug-likeness (QED) is 0.447. The van der Waals surface area contributed by atoms with Crippen molar-refractivity contribution < 1.29 is 9.78 Å². The first-order chi connectivity index (χ1) is 14.7. The highest BCUT2D eigenvalue weighted by atomic mass is 32.2. The molecular formula is C22H26N5O2S+. The minimum Gasteiger partial charge on any atom is -0.334 e. The summed E-state index contributed by atoms with van der Waals surface area (Å²) >= 11 is 1.36. The van der Waals surface area contributed by atoms with Crippen LogP contribution in [0.25, 0.3) is 10.9 Å². The van der Waals surface area contributed by atoms with Crippen LogP contribution in [0, 0.1) is 0 Å². The van der Waals surface area contributed by atoms with E-state index < -0.39 is 0 Å². The van der Waals surface area contributed by atoms with Crippen LogP contribution in [-0.4, -0.2) is 52.3 Å². The summed E-state index contributed by atoms with van der Waals surface area (Å²) in [5.41, 5.74) is 0.641. The number of para-hydroxylation sites is 1. The Bertz CT molecular complexity index is 1080. The number of hydrogen-bond acceptors (Lipinski definition) is 5. The Morgan fingerprint density at radius 3 is 2.60 bits per heavy atom. The molecule has 0 unspecified atom stereocenters. The molecule has 4 rings (SSSR count). The summed E-state index contributed by atoms with van der Waals surface area (Å²) in [5.74, 6) is 1.44. The predicted octanol–water partition coefficient (Wildman–Crippen LogP) is 2.06.